The zero-order valence-electron chi connectivity index (χ0n) is 15.3. The van der Waals surface area contributed by atoms with Crippen molar-refractivity contribution in [1.29, 1.82) is 0 Å². The van der Waals surface area contributed by atoms with Crippen molar-refractivity contribution < 1.29 is 27.8 Å². The quantitative estimate of drug-likeness (QED) is 0.742. The van der Waals surface area contributed by atoms with Crippen molar-refractivity contribution in [3.05, 3.63) is 59.2 Å². The molecule has 0 aliphatic heterocycles. The normalized spacial score (nSPS) is 10.6. The minimum atomic E-state index is -0.824. The third kappa shape index (κ3) is 6.36. The van der Waals surface area contributed by atoms with Crippen LogP contribution in [0.5, 0.6) is 5.75 Å². The molecule has 2 rings (SSSR count). The Labute approximate surface area is 156 Å². The summed E-state index contributed by atoms with van der Waals surface area (Å²) in [7, 11) is 0. The van der Waals surface area contributed by atoms with Gasteiger partial charge in [0, 0.05) is 11.8 Å². The molecule has 2 aromatic rings. The Hall–Kier alpha value is -2.96. The van der Waals surface area contributed by atoms with E-state index in [9.17, 15) is 18.4 Å². The number of aryl methyl sites for hydroxylation is 1. The van der Waals surface area contributed by atoms with Gasteiger partial charge in [0.2, 0.25) is 0 Å². The van der Waals surface area contributed by atoms with Crippen LogP contribution in [0, 0.1) is 18.6 Å². The Morgan fingerprint density at radius 1 is 1.04 bits per heavy atom. The zero-order valence-corrected chi connectivity index (χ0v) is 15.3. The summed E-state index contributed by atoms with van der Waals surface area (Å²) < 4.78 is 36.5. The van der Waals surface area contributed by atoms with Crippen LogP contribution in [0.4, 0.5) is 14.5 Å². The van der Waals surface area contributed by atoms with E-state index in [0.717, 1.165) is 23.3 Å². The largest absolute Gasteiger partial charge is 0.482 e. The molecule has 5 nitrogen and oxygen atoms in total. The summed E-state index contributed by atoms with van der Waals surface area (Å²) in [5.74, 6) is -2.29. The molecule has 0 radical (unpaired) electrons. The molecule has 0 bridgehead atoms. The molecule has 7 heteroatoms. The van der Waals surface area contributed by atoms with E-state index in [2.05, 4.69) is 5.32 Å². The first-order chi connectivity index (χ1) is 12.7. The zero-order chi connectivity index (χ0) is 20.0. The number of anilines is 1. The number of hydrogen-bond donors (Lipinski definition) is 1. The first-order valence-electron chi connectivity index (χ1n) is 8.39. The van der Waals surface area contributed by atoms with E-state index in [1.54, 1.807) is 0 Å². The molecular weight excluding hydrogens is 356 g/mol. The number of benzene rings is 2. The van der Waals surface area contributed by atoms with Gasteiger partial charge < -0.3 is 14.8 Å². The van der Waals surface area contributed by atoms with Gasteiger partial charge in [-0.1, -0.05) is 26.0 Å². The van der Waals surface area contributed by atoms with E-state index < -0.39 is 30.1 Å². The van der Waals surface area contributed by atoms with Gasteiger partial charge in [0.15, 0.2) is 13.2 Å². The predicted molar refractivity (Wildman–Crippen MR) is 96.7 cm³/mol. The highest BCUT2D eigenvalue weighted by molar-refractivity contribution is 5.92. The van der Waals surface area contributed by atoms with Crippen LogP contribution in [0.25, 0.3) is 0 Å². The number of rotatable bonds is 7. The second-order valence-electron chi connectivity index (χ2n) is 6.35. The van der Waals surface area contributed by atoms with Gasteiger partial charge in [0.25, 0.3) is 5.91 Å². The van der Waals surface area contributed by atoms with Crippen molar-refractivity contribution >= 4 is 17.6 Å². The molecule has 0 atom stereocenters. The van der Waals surface area contributed by atoms with Crippen LogP contribution < -0.4 is 10.1 Å². The van der Waals surface area contributed by atoms with Crippen molar-refractivity contribution in [2.24, 2.45) is 0 Å². The van der Waals surface area contributed by atoms with E-state index in [-0.39, 0.29) is 18.2 Å². The molecular formula is C20H21F2NO4. The van der Waals surface area contributed by atoms with Crippen LogP contribution in [-0.4, -0.2) is 25.1 Å². The predicted octanol–water partition coefficient (Wildman–Crippen LogP) is 3.96. The second kappa shape index (κ2) is 9.12. The van der Waals surface area contributed by atoms with Crippen molar-refractivity contribution in [1.82, 2.24) is 0 Å². The molecule has 0 heterocycles. The number of carbonyl (C=O) groups excluding carboxylic acids is 2. The number of halogens is 2. The number of esters is 1. The number of amides is 1. The summed E-state index contributed by atoms with van der Waals surface area (Å²) >= 11 is 0. The molecule has 1 amide bonds. The summed E-state index contributed by atoms with van der Waals surface area (Å²) in [6.07, 6.45) is 0. The van der Waals surface area contributed by atoms with Crippen LogP contribution in [0.2, 0.25) is 0 Å². The average Bonchev–Trinajstić information content (AvgIpc) is 2.57. The van der Waals surface area contributed by atoms with E-state index in [4.69, 9.17) is 9.47 Å². The maximum atomic E-state index is 13.1. The number of hydrogen-bond acceptors (Lipinski definition) is 4. The Morgan fingerprint density at radius 2 is 1.70 bits per heavy atom. The topological polar surface area (TPSA) is 64.6 Å². The molecule has 1 N–H and O–H groups in total. The van der Waals surface area contributed by atoms with Crippen LogP contribution in [0.1, 0.15) is 30.9 Å². The summed E-state index contributed by atoms with van der Waals surface area (Å²) in [5.41, 5.74) is 1.88. The highest BCUT2D eigenvalue weighted by Crippen LogP contribution is 2.27. The number of ether oxygens (including phenoxy) is 2. The van der Waals surface area contributed by atoms with Gasteiger partial charge in [0.05, 0.1) is 0 Å². The van der Waals surface area contributed by atoms with Crippen LogP contribution >= 0.6 is 0 Å². The molecule has 0 aliphatic carbocycles. The third-order valence-corrected chi connectivity index (χ3v) is 3.65. The summed E-state index contributed by atoms with van der Waals surface area (Å²) in [6.45, 7) is 4.98. The molecule has 0 fully saturated rings. The Bertz CT molecular complexity index is 816. The van der Waals surface area contributed by atoms with E-state index in [1.165, 1.54) is 0 Å². The first-order valence-corrected chi connectivity index (χ1v) is 8.39. The molecule has 27 heavy (non-hydrogen) atoms. The molecule has 0 unspecified atom stereocenters. The van der Waals surface area contributed by atoms with Gasteiger partial charge in [-0.25, -0.2) is 13.6 Å². The summed E-state index contributed by atoms with van der Waals surface area (Å²) in [6, 6.07) is 8.32. The smallest absolute Gasteiger partial charge is 0.344 e. The number of nitrogens with one attached hydrogen (secondary N) is 1. The van der Waals surface area contributed by atoms with Crippen molar-refractivity contribution in [2.75, 3.05) is 18.5 Å². The fourth-order valence-corrected chi connectivity index (χ4v) is 2.39. The van der Waals surface area contributed by atoms with Gasteiger partial charge in [-0.2, -0.15) is 0 Å². The summed E-state index contributed by atoms with van der Waals surface area (Å²) in [5, 5.41) is 2.25. The van der Waals surface area contributed by atoms with Crippen molar-refractivity contribution in [3.8, 4) is 5.75 Å². The molecule has 0 saturated heterocycles. The molecule has 0 saturated carbocycles. The lowest BCUT2D eigenvalue weighted by Gasteiger charge is -2.14. The Morgan fingerprint density at radius 3 is 2.33 bits per heavy atom. The molecule has 0 spiro atoms. The van der Waals surface area contributed by atoms with Gasteiger partial charge in [0.1, 0.15) is 17.4 Å². The van der Waals surface area contributed by atoms with Gasteiger partial charge in [-0.15, -0.1) is 0 Å². The Kier molecular flexibility index (Phi) is 6.87. The monoisotopic (exact) mass is 377 g/mol. The van der Waals surface area contributed by atoms with Crippen LogP contribution in [-0.2, 0) is 14.3 Å². The van der Waals surface area contributed by atoms with Crippen LogP contribution in [0.15, 0.2) is 36.4 Å². The van der Waals surface area contributed by atoms with Gasteiger partial charge in [-0.05, 0) is 42.2 Å². The highest BCUT2D eigenvalue weighted by atomic mass is 19.1. The second-order valence-corrected chi connectivity index (χ2v) is 6.35. The maximum absolute atomic E-state index is 13.1. The molecule has 0 aliphatic rings. The molecule has 144 valence electrons. The standard InChI is InChI=1S/C20H21F2NO4/c1-12(2)17-5-4-13(3)6-18(17)26-11-20(25)27-10-19(24)23-16-8-14(21)7-15(22)9-16/h4-9,12H,10-11H2,1-3H3,(H,23,24). The van der Waals surface area contributed by atoms with E-state index in [0.29, 0.717) is 11.8 Å². The lowest BCUT2D eigenvalue weighted by atomic mass is 10.0. The average molecular weight is 377 g/mol. The lowest BCUT2D eigenvalue weighted by molar-refractivity contribution is -0.149. The highest BCUT2D eigenvalue weighted by Gasteiger charge is 2.13. The number of carbonyl (C=O) groups is 2. The minimum absolute atomic E-state index is 0.0638. The summed E-state index contributed by atoms with van der Waals surface area (Å²) in [4.78, 5) is 23.5. The van der Waals surface area contributed by atoms with Gasteiger partial charge >= 0.3 is 5.97 Å². The first kappa shape index (κ1) is 20.4. The van der Waals surface area contributed by atoms with Crippen molar-refractivity contribution in [3.63, 3.8) is 0 Å². The fraction of sp³-hybridized carbons (Fsp3) is 0.300. The lowest BCUT2D eigenvalue weighted by Crippen LogP contribution is -2.24. The molecule has 2 aromatic carbocycles. The third-order valence-electron chi connectivity index (χ3n) is 3.65. The van der Waals surface area contributed by atoms with Crippen molar-refractivity contribution in [2.45, 2.75) is 26.7 Å². The minimum Gasteiger partial charge on any atom is -0.482 e. The molecule has 0 aromatic heterocycles. The van der Waals surface area contributed by atoms with E-state index >= 15 is 0 Å². The van der Waals surface area contributed by atoms with Gasteiger partial charge in [-0.3, -0.25) is 4.79 Å². The SMILES string of the molecule is Cc1ccc(C(C)C)c(OCC(=O)OCC(=O)Nc2cc(F)cc(F)c2)c1. The van der Waals surface area contributed by atoms with Crippen LogP contribution in [0.3, 0.4) is 0 Å². The van der Waals surface area contributed by atoms with E-state index in [1.807, 2.05) is 39.0 Å². The fourth-order valence-electron chi connectivity index (χ4n) is 2.39. The Balaban J connectivity index is 1.84. The maximum Gasteiger partial charge on any atom is 0.344 e.